The van der Waals surface area contributed by atoms with E-state index in [4.69, 9.17) is 4.74 Å². The van der Waals surface area contributed by atoms with E-state index in [-0.39, 0.29) is 17.3 Å². The molecule has 7 nitrogen and oxygen atoms in total. The number of benzene rings is 2. The molecular weight excluding hydrogens is 426 g/mol. The Balaban J connectivity index is 1.61. The third-order valence-corrected chi connectivity index (χ3v) is 6.37. The number of amides is 1. The topological polar surface area (TPSA) is 88.6 Å². The summed E-state index contributed by atoms with van der Waals surface area (Å²) >= 11 is 0. The summed E-state index contributed by atoms with van der Waals surface area (Å²) < 4.78 is 33.6. The van der Waals surface area contributed by atoms with Crippen LogP contribution in [0, 0.1) is 0 Å². The summed E-state index contributed by atoms with van der Waals surface area (Å²) in [6, 6.07) is 19.1. The number of carbonyl (C=O) groups excluding carboxylic acids is 1. The number of rotatable bonds is 10. The number of pyridine rings is 1. The molecule has 0 unspecified atom stereocenters. The minimum absolute atomic E-state index is 0.0900. The second-order valence-corrected chi connectivity index (χ2v) is 8.87. The van der Waals surface area contributed by atoms with E-state index in [1.165, 1.54) is 24.3 Å². The van der Waals surface area contributed by atoms with Crippen LogP contribution in [-0.2, 0) is 23.2 Å². The number of sulfonamides is 1. The molecule has 8 heteroatoms. The normalized spacial score (nSPS) is 11.2. The fraction of sp³-hybridized carbons (Fsp3) is 0.250. The van der Waals surface area contributed by atoms with Crippen molar-refractivity contribution in [2.75, 3.05) is 13.1 Å². The van der Waals surface area contributed by atoms with E-state index < -0.39 is 10.0 Å². The molecule has 168 valence electrons. The van der Waals surface area contributed by atoms with Crippen molar-refractivity contribution in [1.82, 2.24) is 14.6 Å². The van der Waals surface area contributed by atoms with E-state index in [1.54, 1.807) is 23.2 Å². The van der Waals surface area contributed by atoms with Gasteiger partial charge in [-0.25, -0.2) is 18.1 Å². The fourth-order valence-electron chi connectivity index (χ4n) is 3.10. The van der Waals surface area contributed by atoms with E-state index in [2.05, 4.69) is 9.71 Å². The number of nitrogens with zero attached hydrogens (tertiary/aromatic N) is 2. The van der Waals surface area contributed by atoms with Crippen LogP contribution in [0.4, 0.5) is 0 Å². The second-order valence-electron chi connectivity index (χ2n) is 7.10. The van der Waals surface area contributed by atoms with Crippen LogP contribution < -0.4 is 9.46 Å². The predicted molar refractivity (Wildman–Crippen MR) is 123 cm³/mol. The van der Waals surface area contributed by atoms with E-state index in [0.29, 0.717) is 31.1 Å². The summed E-state index contributed by atoms with van der Waals surface area (Å²) in [6.45, 7) is 5.47. The predicted octanol–water partition coefficient (Wildman–Crippen LogP) is 3.62. The highest BCUT2D eigenvalue weighted by molar-refractivity contribution is 7.89. The Morgan fingerprint density at radius 3 is 2.31 bits per heavy atom. The third kappa shape index (κ3) is 6.15. The Bertz CT molecular complexity index is 1130. The van der Waals surface area contributed by atoms with Crippen LogP contribution in [0.2, 0.25) is 0 Å². The maximum atomic E-state index is 12.7. The van der Waals surface area contributed by atoms with Crippen molar-refractivity contribution >= 4 is 15.9 Å². The van der Waals surface area contributed by atoms with Gasteiger partial charge in [-0.05, 0) is 55.3 Å². The Hall–Kier alpha value is -3.23. The first kappa shape index (κ1) is 23.4. The molecule has 0 saturated carbocycles. The molecule has 0 aliphatic heterocycles. The van der Waals surface area contributed by atoms with Gasteiger partial charge in [-0.1, -0.05) is 30.3 Å². The molecule has 0 bridgehead atoms. The lowest BCUT2D eigenvalue weighted by molar-refractivity contribution is 0.0773. The highest BCUT2D eigenvalue weighted by atomic mass is 32.2. The minimum atomic E-state index is -3.74. The minimum Gasteiger partial charge on any atom is -0.473 e. The van der Waals surface area contributed by atoms with Gasteiger partial charge >= 0.3 is 0 Å². The molecular formula is C24H27N3O4S. The maximum absolute atomic E-state index is 12.7. The summed E-state index contributed by atoms with van der Waals surface area (Å²) in [4.78, 5) is 18.4. The molecule has 1 N–H and O–H groups in total. The maximum Gasteiger partial charge on any atom is 0.253 e. The standard InChI is InChI=1S/C24H27N3O4S/c1-3-27(4-2)24(28)21-10-12-22(13-11-21)32(29,30)26-17-20-14-15-25-23(16-20)31-18-19-8-6-5-7-9-19/h5-16,26H,3-4,17-18H2,1-2H3. The van der Waals surface area contributed by atoms with Crippen LogP contribution in [-0.4, -0.2) is 37.3 Å². The Morgan fingerprint density at radius 1 is 0.969 bits per heavy atom. The van der Waals surface area contributed by atoms with Gasteiger partial charge < -0.3 is 9.64 Å². The second kappa shape index (κ2) is 10.9. The van der Waals surface area contributed by atoms with Crippen molar-refractivity contribution in [2.24, 2.45) is 0 Å². The first-order valence-corrected chi connectivity index (χ1v) is 11.9. The van der Waals surface area contributed by atoms with Gasteiger partial charge in [0.25, 0.3) is 5.91 Å². The quantitative estimate of drug-likeness (QED) is 0.507. The van der Waals surface area contributed by atoms with Gasteiger partial charge in [-0.3, -0.25) is 4.79 Å². The van der Waals surface area contributed by atoms with E-state index in [9.17, 15) is 13.2 Å². The average Bonchev–Trinajstić information content (AvgIpc) is 2.83. The highest BCUT2D eigenvalue weighted by Gasteiger charge is 2.17. The first-order chi connectivity index (χ1) is 15.4. The van der Waals surface area contributed by atoms with Crippen LogP contribution >= 0.6 is 0 Å². The molecule has 0 aliphatic rings. The van der Waals surface area contributed by atoms with Gasteiger partial charge in [0.15, 0.2) is 0 Å². The molecule has 0 saturated heterocycles. The summed E-state index contributed by atoms with van der Waals surface area (Å²) in [7, 11) is -3.74. The number of hydrogen-bond donors (Lipinski definition) is 1. The van der Waals surface area contributed by atoms with Gasteiger partial charge in [-0.2, -0.15) is 0 Å². The van der Waals surface area contributed by atoms with Crippen molar-refractivity contribution in [2.45, 2.75) is 31.9 Å². The number of nitrogens with one attached hydrogen (secondary N) is 1. The van der Waals surface area contributed by atoms with Crippen molar-refractivity contribution in [3.8, 4) is 5.88 Å². The van der Waals surface area contributed by atoms with Gasteiger partial charge in [0, 0.05) is 37.5 Å². The molecule has 1 amide bonds. The molecule has 0 radical (unpaired) electrons. The van der Waals surface area contributed by atoms with Gasteiger partial charge in [0.1, 0.15) is 6.61 Å². The SMILES string of the molecule is CCN(CC)C(=O)c1ccc(S(=O)(=O)NCc2ccnc(OCc3ccccc3)c2)cc1. The van der Waals surface area contributed by atoms with Crippen molar-refractivity contribution in [1.29, 1.82) is 0 Å². The largest absolute Gasteiger partial charge is 0.473 e. The Morgan fingerprint density at radius 2 is 1.66 bits per heavy atom. The molecule has 3 aromatic rings. The van der Waals surface area contributed by atoms with Gasteiger partial charge in [0.05, 0.1) is 4.90 Å². The number of aromatic nitrogens is 1. The molecule has 3 rings (SSSR count). The van der Waals surface area contributed by atoms with Crippen LogP contribution in [0.3, 0.4) is 0 Å². The van der Waals surface area contributed by atoms with Crippen molar-refractivity contribution in [3.05, 3.63) is 89.6 Å². The molecule has 1 heterocycles. The molecule has 0 atom stereocenters. The summed E-state index contributed by atoms with van der Waals surface area (Å²) in [5.74, 6) is 0.302. The lowest BCUT2D eigenvalue weighted by Gasteiger charge is -2.18. The number of carbonyl (C=O) groups is 1. The van der Waals surface area contributed by atoms with Crippen LogP contribution in [0.5, 0.6) is 5.88 Å². The smallest absolute Gasteiger partial charge is 0.253 e. The van der Waals surface area contributed by atoms with E-state index in [0.717, 1.165) is 11.1 Å². The molecule has 1 aromatic heterocycles. The summed E-state index contributed by atoms with van der Waals surface area (Å²) in [6.07, 6.45) is 1.58. The molecule has 32 heavy (non-hydrogen) atoms. The third-order valence-electron chi connectivity index (χ3n) is 4.96. The molecule has 0 fully saturated rings. The van der Waals surface area contributed by atoms with Crippen LogP contribution in [0.25, 0.3) is 0 Å². The van der Waals surface area contributed by atoms with Crippen molar-refractivity contribution < 1.29 is 17.9 Å². The number of hydrogen-bond acceptors (Lipinski definition) is 5. The van der Waals surface area contributed by atoms with Gasteiger partial charge in [0.2, 0.25) is 15.9 Å². The highest BCUT2D eigenvalue weighted by Crippen LogP contribution is 2.15. The van der Waals surface area contributed by atoms with E-state index >= 15 is 0 Å². The molecule has 0 aliphatic carbocycles. The molecule has 0 spiro atoms. The number of ether oxygens (including phenoxy) is 1. The Kier molecular flexibility index (Phi) is 7.97. The van der Waals surface area contributed by atoms with Crippen molar-refractivity contribution in [3.63, 3.8) is 0 Å². The zero-order valence-corrected chi connectivity index (χ0v) is 19.0. The van der Waals surface area contributed by atoms with E-state index in [1.807, 2.05) is 44.2 Å². The lowest BCUT2D eigenvalue weighted by atomic mass is 10.2. The monoisotopic (exact) mass is 453 g/mol. The average molecular weight is 454 g/mol. The lowest BCUT2D eigenvalue weighted by Crippen LogP contribution is -2.30. The van der Waals surface area contributed by atoms with Crippen LogP contribution in [0.15, 0.2) is 77.8 Å². The van der Waals surface area contributed by atoms with Crippen LogP contribution in [0.1, 0.15) is 35.3 Å². The molecule has 2 aromatic carbocycles. The first-order valence-electron chi connectivity index (χ1n) is 10.4. The summed E-state index contributed by atoms with van der Waals surface area (Å²) in [5.41, 5.74) is 2.20. The Labute approximate surface area is 189 Å². The fourth-order valence-corrected chi connectivity index (χ4v) is 4.12. The van der Waals surface area contributed by atoms with Gasteiger partial charge in [-0.15, -0.1) is 0 Å². The zero-order chi connectivity index (χ0) is 23.0. The zero-order valence-electron chi connectivity index (χ0n) is 18.2. The summed E-state index contributed by atoms with van der Waals surface area (Å²) in [5, 5.41) is 0.